The third kappa shape index (κ3) is 5.19. The maximum absolute atomic E-state index is 13.8. The lowest BCUT2D eigenvalue weighted by Gasteiger charge is -2.34. The van der Waals surface area contributed by atoms with Gasteiger partial charge in [0.1, 0.15) is 6.10 Å². The summed E-state index contributed by atoms with van der Waals surface area (Å²) in [5, 5.41) is 9.76. The molecule has 0 saturated carbocycles. The monoisotopic (exact) mass is 362 g/mol. The van der Waals surface area contributed by atoms with Crippen molar-refractivity contribution >= 4 is 5.97 Å². The predicted octanol–water partition coefficient (Wildman–Crippen LogP) is 3.96. The molecule has 7 heteroatoms. The molecule has 0 aliphatic heterocycles. The molecule has 1 N–H and O–H groups in total. The number of hydrogen-bond acceptors (Lipinski definition) is 4. The Morgan fingerprint density at radius 3 is 2.16 bits per heavy atom. The van der Waals surface area contributed by atoms with Crippen LogP contribution in [0.2, 0.25) is 0 Å². The van der Waals surface area contributed by atoms with Crippen molar-refractivity contribution in [3.63, 3.8) is 0 Å². The van der Waals surface area contributed by atoms with E-state index < -0.39 is 29.5 Å². The van der Waals surface area contributed by atoms with Gasteiger partial charge in [-0.3, -0.25) is 0 Å². The van der Waals surface area contributed by atoms with Crippen molar-refractivity contribution in [1.29, 1.82) is 0 Å². The minimum absolute atomic E-state index is 0.248. The van der Waals surface area contributed by atoms with Crippen molar-refractivity contribution < 1.29 is 32.5 Å². The lowest BCUT2D eigenvalue weighted by molar-refractivity contribution is -0.278. The van der Waals surface area contributed by atoms with Gasteiger partial charge in [-0.2, -0.15) is 13.2 Å². The van der Waals surface area contributed by atoms with Gasteiger partial charge in [-0.15, -0.1) is 0 Å². The van der Waals surface area contributed by atoms with Crippen LogP contribution in [0.3, 0.4) is 0 Å². The first-order valence-corrected chi connectivity index (χ1v) is 8.08. The number of benzene rings is 1. The molecule has 0 heterocycles. The molecule has 0 bridgehead atoms. The smallest absolute Gasteiger partial charge is 0.432 e. The molecule has 0 amide bonds. The molecule has 0 radical (unpaired) electrons. The third-order valence-electron chi connectivity index (χ3n) is 3.98. The predicted molar refractivity (Wildman–Crippen MR) is 86.9 cm³/mol. The number of aliphatic hydroxyl groups is 1. The highest BCUT2D eigenvalue weighted by Crippen LogP contribution is 2.43. The van der Waals surface area contributed by atoms with Crippen molar-refractivity contribution in [1.82, 2.24) is 0 Å². The fourth-order valence-corrected chi connectivity index (χ4v) is 2.48. The summed E-state index contributed by atoms with van der Waals surface area (Å²) >= 11 is 0. The van der Waals surface area contributed by atoms with Crippen LogP contribution in [0.5, 0.6) is 0 Å². The van der Waals surface area contributed by atoms with Crippen LogP contribution in [0.4, 0.5) is 13.2 Å². The van der Waals surface area contributed by atoms with E-state index in [0.717, 1.165) is 7.11 Å². The van der Waals surface area contributed by atoms with Crippen LogP contribution >= 0.6 is 0 Å². The van der Waals surface area contributed by atoms with E-state index in [1.54, 1.807) is 26.8 Å². The lowest BCUT2D eigenvalue weighted by atomic mass is 9.92. The second-order valence-electron chi connectivity index (χ2n) is 6.54. The quantitative estimate of drug-likeness (QED) is 0.711. The summed E-state index contributed by atoms with van der Waals surface area (Å²) in [4.78, 5) is 12.5. The molecule has 1 aromatic carbocycles. The molecule has 4 nitrogen and oxygen atoms in total. The van der Waals surface area contributed by atoms with E-state index in [-0.39, 0.29) is 18.4 Å². The fraction of sp³-hybridized carbons (Fsp3) is 0.611. The normalized spacial score (nSPS) is 16.2. The van der Waals surface area contributed by atoms with Crippen LogP contribution in [0.15, 0.2) is 30.3 Å². The lowest BCUT2D eigenvalue weighted by Crippen LogP contribution is -2.52. The van der Waals surface area contributed by atoms with Gasteiger partial charge >= 0.3 is 12.1 Å². The van der Waals surface area contributed by atoms with E-state index in [4.69, 9.17) is 9.47 Å². The van der Waals surface area contributed by atoms with Crippen molar-refractivity contribution in [3.05, 3.63) is 35.9 Å². The number of halogens is 3. The molecule has 1 rings (SSSR count). The molecule has 25 heavy (non-hydrogen) atoms. The van der Waals surface area contributed by atoms with Gasteiger partial charge in [0.15, 0.2) is 0 Å². The molecule has 1 aromatic rings. The summed E-state index contributed by atoms with van der Waals surface area (Å²) in [7, 11) is 0.833. The molecular formula is C18H25F3O4. The van der Waals surface area contributed by atoms with E-state index in [0.29, 0.717) is 6.42 Å². The number of methoxy groups -OCH3 is 1. The first-order valence-electron chi connectivity index (χ1n) is 8.08. The average Bonchev–Trinajstić information content (AvgIpc) is 2.51. The number of hydrogen-bond donors (Lipinski definition) is 1. The standard InChI is InChI=1S/C18H25F3O4/c1-5-14(11-12-16(2,3)23)25-15(22)17(24-4,18(19,20)21)13-9-7-6-8-10-13/h6-10,14,23H,5,11-12H2,1-4H3/t14-,17?/m0/s1. The summed E-state index contributed by atoms with van der Waals surface area (Å²) < 4.78 is 51.2. The number of ether oxygens (including phenoxy) is 2. The van der Waals surface area contributed by atoms with Crippen LogP contribution < -0.4 is 0 Å². The number of carbonyl (C=O) groups is 1. The second-order valence-corrected chi connectivity index (χ2v) is 6.54. The van der Waals surface area contributed by atoms with Crippen molar-refractivity contribution in [2.24, 2.45) is 0 Å². The minimum Gasteiger partial charge on any atom is -0.460 e. The van der Waals surface area contributed by atoms with Crippen LogP contribution in [0.25, 0.3) is 0 Å². The Kier molecular flexibility index (Phi) is 7.02. The van der Waals surface area contributed by atoms with Crippen LogP contribution in [0.1, 0.15) is 45.6 Å². The minimum atomic E-state index is -4.99. The van der Waals surface area contributed by atoms with Gasteiger partial charge in [-0.1, -0.05) is 37.3 Å². The molecular weight excluding hydrogens is 337 g/mol. The highest BCUT2D eigenvalue weighted by Gasteiger charge is 2.64. The average molecular weight is 362 g/mol. The third-order valence-corrected chi connectivity index (χ3v) is 3.98. The number of alkyl halides is 3. The molecule has 142 valence electrons. The van der Waals surface area contributed by atoms with Crippen LogP contribution in [0, 0.1) is 0 Å². The number of carbonyl (C=O) groups excluding carboxylic acids is 1. The summed E-state index contributed by atoms with van der Waals surface area (Å²) in [6.07, 6.45) is -4.88. The topological polar surface area (TPSA) is 55.8 Å². The van der Waals surface area contributed by atoms with E-state index in [1.807, 2.05) is 0 Å². The SMILES string of the molecule is CC[C@@H](CCC(C)(C)O)OC(=O)C(OC)(c1ccccc1)C(F)(F)F. The second kappa shape index (κ2) is 8.19. The number of rotatable bonds is 8. The van der Waals surface area contributed by atoms with Gasteiger partial charge in [0.25, 0.3) is 5.60 Å². The summed E-state index contributed by atoms with van der Waals surface area (Å²) in [5.41, 5.74) is -4.52. The molecule has 2 atom stereocenters. The zero-order valence-electron chi connectivity index (χ0n) is 14.9. The van der Waals surface area contributed by atoms with Gasteiger partial charge in [-0.25, -0.2) is 4.79 Å². The maximum atomic E-state index is 13.8. The van der Waals surface area contributed by atoms with Crippen molar-refractivity contribution in [2.45, 2.75) is 63.5 Å². The highest BCUT2D eigenvalue weighted by molar-refractivity contribution is 5.82. The Morgan fingerprint density at radius 2 is 1.76 bits per heavy atom. The summed E-state index contributed by atoms with van der Waals surface area (Å²) in [5.74, 6) is -1.50. The van der Waals surface area contributed by atoms with E-state index in [2.05, 4.69) is 0 Å². The fourth-order valence-electron chi connectivity index (χ4n) is 2.48. The van der Waals surface area contributed by atoms with E-state index >= 15 is 0 Å². The highest BCUT2D eigenvalue weighted by atomic mass is 19.4. The van der Waals surface area contributed by atoms with Gasteiger partial charge in [0.2, 0.25) is 0 Å². The Hall–Kier alpha value is -1.60. The Labute approximate surface area is 145 Å². The molecule has 0 aromatic heterocycles. The van der Waals surface area contributed by atoms with E-state index in [9.17, 15) is 23.1 Å². The van der Waals surface area contributed by atoms with Gasteiger partial charge < -0.3 is 14.6 Å². The molecule has 0 aliphatic carbocycles. The van der Waals surface area contributed by atoms with Crippen LogP contribution in [-0.2, 0) is 19.9 Å². The van der Waals surface area contributed by atoms with Crippen LogP contribution in [-0.4, -0.2) is 36.1 Å². The van der Waals surface area contributed by atoms with E-state index in [1.165, 1.54) is 24.3 Å². The first-order chi connectivity index (χ1) is 11.5. The molecule has 0 spiro atoms. The van der Waals surface area contributed by atoms with Gasteiger partial charge in [0, 0.05) is 12.7 Å². The molecule has 0 saturated heterocycles. The largest absolute Gasteiger partial charge is 0.460 e. The zero-order chi connectivity index (χ0) is 19.3. The molecule has 1 unspecified atom stereocenters. The van der Waals surface area contributed by atoms with Gasteiger partial charge in [0.05, 0.1) is 5.60 Å². The zero-order valence-corrected chi connectivity index (χ0v) is 14.9. The Bertz CT molecular complexity index is 552. The number of esters is 1. The summed E-state index contributed by atoms with van der Waals surface area (Å²) in [6.45, 7) is 4.87. The Balaban J connectivity index is 3.13. The molecule has 0 fully saturated rings. The summed E-state index contributed by atoms with van der Waals surface area (Å²) in [6, 6.07) is 6.69. The molecule has 0 aliphatic rings. The maximum Gasteiger partial charge on any atom is 0.432 e. The Morgan fingerprint density at radius 1 is 1.20 bits per heavy atom. The van der Waals surface area contributed by atoms with Gasteiger partial charge in [-0.05, 0) is 33.1 Å². The first kappa shape index (κ1) is 21.4. The van der Waals surface area contributed by atoms with Crippen molar-refractivity contribution in [3.8, 4) is 0 Å². The van der Waals surface area contributed by atoms with Crippen molar-refractivity contribution in [2.75, 3.05) is 7.11 Å².